The van der Waals surface area contributed by atoms with Crippen LogP contribution in [0.3, 0.4) is 0 Å². The van der Waals surface area contributed by atoms with E-state index >= 15 is 0 Å². The minimum atomic E-state index is -0.188. The van der Waals surface area contributed by atoms with Gasteiger partial charge < -0.3 is 5.32 Å². The second-order valence-electron chi connectivity index (χ2n) is 5.22. The first-order chi connectivity index (χ1) is 10.5. The van der Waals surface area contributed by atoms with Crippen molar-refractivity contribution in [2.45, 2.75) is 26.8 Å². The molecular weight excluding hydrogens is 278 g/mol. The van der Waals surface area contributed by atoms with E-state index in [0.717, 1.165) is 0 Å². The van der Waals surface area contributed by atoms with Gasteiger partial charge in [0.05, 0.1) is 0 Å². The van der Waals surface area contributed by atoms with E-state index in [2.05, 4.69) is 10.3 Å². The summed E-state index contributed by atoms with van der Waals surface area (Å²) >= 11 is 0. The Morgan fingerprint density at radius 2 is 1.91 bits per heavy atom. The SMILES string of the molecule is CC(=O)Nc1cccc(C(=O)n2ccccc2=NC(C)C)c1. The van der Waals surface area contributed by atoms with Crippen LogP contribution in [0, 0.1) is 0 Å². The molecule has 0 fully saturated rings. The highest BCUT2D eigenvalue weighted by atomic mass is 16.2. The van der Waals surface area contributed by atoms with E-state index in [1.165, 1.54) is 11.5 Å². The molecule has 0 aliphatic heterocycles. The van der Waals surface area contributed by atoms with Gasteiger partial charge in [0.15, 0.2) is 0 Å². The highest BCUT2D eigenvalue weighted by molar-refractivity contribution is 5.98. The van der Waals surface area contributed by atoms with Crippen molar-refractivity contribution < 1.29 is 9.59 Å². The third-order valence-corrected chi connectivity index (χ3v) is 2.88. The molecule has 114 valence electrons. The average molecular weight is 297 g/mol. The molecular formula is C17H19N3O2. The summed E-state index contributed by atoms with van der Waals surface area (Å²) in [6, 6.07) is 12.4. The lowest BCUT2D eigenvalue weighted by molar-refractivity contribution is -0.114. The molecule has 1 heterocycles. The summed E-state index contributed by atoms with van der Waals surface area (Å²) in [5, 5.41) is 2.67. The van der Waals surface area contributed by atoms with E-state index in [4.69, 9.17) is 0 Å². The highest BCUT2D eigenvalue weighted by Gasteiger charge is 2.10. The number of rotatable bonds is 3. The van der Waals surface area contributed by atoms with E-state index in [-0.39, 0.29) is 17.9 Å². The van der Waals surface area contributed by atoms with Crippen molar-refractivity contribution in [2.24, 2.45) is 4.99 Å². The molecule has 0 atom stereocenters. The molecule has 0 radical (unpaired) electrons. The molecule has 5 nitrogen and oxygen atoms in total. The number of hydrogen-bond donors (Lipinski definition) is 1. The quantitative estimate of drug-likeness (QED) is 0.945. The molecule has 0 aliphatic carbocycles. The summed E-state index contributed by atoms with van der Waals surface area (Å²) in [7, 11) is 0. The second kappa shape index (κ2) is 6.85. The van der Waals surface area contributed by atoms with Crippen molar-refractivity contribution >= 4 is 17.5 Å². The largest absolute Gasteiger partial charge is 0.326 e. The number of amides is 1. The minimum Gasteiger partial charge on any atom is -0.326 e. The van der Waals surface area contributed by atoms with Crippen molar-refractivity contribution in [3.05, 3.63) is 59.7 Å². The molecule has 1 N–H and O–H groups in total. The average Bonchev–Trinajstić information content (AvgIpc) is 2.46. The van der Waals surface area contributed by atoms with Gasteiger partial charge in [0.1, 0.15) is 5.49 Å². The van der Waals surface area contributed by atoms with Gasteiger partial charge in [-0.05, 0) is 44.2 Å². The number of aromatic nitrogens is 1. The Morgan fingerprint density at radius 1 is 1.14 bits per heavy atom. The lowest BCUT2D eigenvalue weighted by Gasteiger charge is -2.09. The van der Waals surface area contributed by atoms with Crippen LogP contribution in [0.1, 0.15) is 31.1 Å². The Kier molecular flexibility index (Phi) is 4.88. The Hall–Kier alpha value is -2.69. The molecule has 1 aromatic heterocycles. The van der Waals surface area contributed by atoms with Crippen molar-refractivity contribution in [3.8, 4) is 0 Å². The first kappa shape index (κ1) is 15.7. The van der Waals surface area contributed by atoms with E-state index in [1.807, 2.05) is 19.9 Å². The third kappa shape index (κ3) is 3.91. The van der Waals surface area contributed by atoms with Crippen LogP contribution in [0.4, 0.5) is 5.69 Å². The van der Waals surface area contributed by atoms with Crippen molar-refractivity contribution in [3.63, 3.8) is 0 Å². The lowest BCUT2D eigenvalue weighted by atomic mass is 10.2. The van der Waals surface area contributed by atoms with Gasteiger partial charge in [0.2, 0.25) is 5.91 Å². The maximum absolute atomic E-state index is 12.7. The molecule has 1 aromatic carbocycles. The van der Waals surface area contributed by atoms with Crippen LogP contribution in [0.15, 0.2) is 53.7 Å². The van der Waals surface area contributed by atoms with Gasteiger partial charge in [0, 0.05) is 30.4 Å². The minimum absolute atomic E-state index is 0.0900. The van der Waals surface area contributed by atoms with Gasteiger partial charge in [-0.15, -0.1) is 0 Å². The highest BCUT2D eigenvalue weighted by Crippen LogP contribution is 2.11. The van der Waals surface area contributed by atoms with Crippen LogP contribution in [0.5, 0.6) is 0 Å². The Bertz CT molecular complexity index is 760. The topological polar surface area (TPSA) is 63.5 Å². The second-order valence-corrected chi connectivity index (χ2v) is 5.22. The molecule has 0 spiro atoms. The predicted octanol–water partition coefficient (Wildman–Crippen LogP) is 2.44. The number of carbonyl (C=O) groups excluding carboxylic acids is 2. The van der Waals surface area contributed by atoms with E-state index in [0.29, 0.717) is 16.7 Å². The number of anilines is 1. The van der Waals surface area contributed by atoms with Crippen LogP contribution in [-0.2, 0) is 4.79 Å². The number of carbonyl (C=O) groups is 2. The van der Waals surface area contributed by atoms with Gasteiger partial charge >= 0.3 is 0 Å². The summed E-state index contributed by atoms with van der Waals surface area (Å²) < 4.78 is 1.51. The number of nitrogens with zero attached hydrogens (tertiary/aromatic N) is 2. The Morgan fingerprint density at radius 3 is 2.59 bits per heavy atom. The first-order valence-corrected chi connectivity index (χ1v) is 7.11. The molecule has 0 bridgehead atoms. The lowest BCUT2D eigenvalue weighted by Crippen LogP contribution is -2.28. The molecule has 5 heteroatoms. The standard InChI is InChI=1S/C17H19N3O2/c1-12(2)18-16-9-4-5-10-20(16)17(22)14-7-6-8-15(11-14)19-13(3)21/h4-12H,1-3H3,(H,19,21). The van der Waals surface area contributed by atoms with Gasteiger partial charge in [-0.1, -0.05) is 12.1 Å². The fourth-order valence-electron chi connectivity index (χ4n) is 2.05. The maximum atomic E-state index is 12.7. The van der Waals surface area contributed by atoms with Gasteiger partial charge in [0.25, 0.3) is 5.91 Å². The normalized spacial score (nSPS) is 11.5. The smallest absolute Gasteiger partial charge is 0.263 e. The zero-order valence-electron chi connectivity index (χ0n) is 12.9. The van der Waals surface area contributed by atoms with Gasteiger partial charge in [-0.25, -0.2) is 0 Å². The summed E-state index contributed by atoms with van der Waals surface area (Å²) in [6.07, 6.45) is 1.69. The number of hydrogen-bond acceptors (Lipinski definition) is 3. The zero-order chi connectivity index (χ0) is 16.1. The van der Waals surface area contributed by atoms with Crippen LogP contribution < -0.4 is 10.8 Å². The third-order valence-electron chi connectivity index (χ3n) is 2.88. The van der Waals surface area contributed by atoms with E-state index < -0.39 is 0 Å². The summed E-state index contributed by atoms with van der Waals surface area (Å²) in [5.74, 6) is -0.361. The molecule has 0 saturated carbocycles. The van der Waals surface area contributed by atoms with Crippen molar-refractivity contribution in [1.82, 2.24) is 4.57 Å². The fraction of sp³-hybridized carbons (Fsp3) is 0.235. The number of pyridine rings is 1. The molecule has 2 aromatic rings. The molecule has 22 heavy (non-hydrogen) atoms. The zero-order valence-corrected chi connectivity index (χ0v) is 12.9. The summed E-state index contributed by atoms with van der Waals surface area (Å²) in [6.45, 7) is 5.35. The van der Waals surface area contributed by atoms with Crippen LogP contribution in [0.2, 0.25) is 0 Å². The van der Waals surface area contributed by atoms with Crippen LogP contribution in [-0.4, -0.2) is 22.4 Å². The van der Waals surface area contributed by atoms with Crippen molar-refractivity contribution in [1.29, 1.82) is 0 Å². The molecule has 2 rings (SSSR count). The predicted molar refractivity (Wildman–Crippen MR) is 85.6 cm³/mol. The maximum Gasteiger partial charge on any atom is 0.263 e. The fourth-order valence-corrected chi connectivity index (χ4v) is 2.05. The number of nitrogens with one attached hydrogen (secondary N) is 1. The summed E-state index contributed by atoms with van der Waals surface area (Å²) in [5.41, 5.74) is 1.69. The molecule has 0 unspecified atom stereocenters. The summed E-state index contributed by atoms with van der Waals surface area (Å²) in [4.78, 5) is 28.2. The van der Waals surface area contributed by atoms with Crippen molar-refractivity contribution in [2.75, 3.05) is 5.32 Å². The van der Waals surface area contributed by atoms with Crippen LogP contribution >= 0.6 is 0 Å². The molecule has 0 saturated heterocycles. The van der Waals surface area contributed by atoms with E-state index in [1.54, 1.807) is 42.6 Å². The molecule has 0 aliphatic rings. The van der Waals surface area contributed by atoms with Gasteiger partial charge in [-0.2, -0.15) is 0 Å². The van der Waals surface area contributed by atoms with E-state index in [9.17, 15) is 9.59 Å². The first-order valence-electron chi connectivity index (χ1n) is 7.11. The van der Waals surface area contributed by atoms with Crippen LogP contribution in [0.25, 0.3) is 0 Å². The molecule has 1 amide bonds. The van der Waals surface area contributed by atoms with Gasteiger partial charge in [-0.3, -0.25) is 19.1 Å². The Balaban J connectivity index is 2.43. The number of benzene rings is 1. The Labute approximate surface area is 129 Å². The monoisotopic (exact) mass is 297 g/mol.